The molecule has 3 aromatic rings. The van der Waals surface area contributed by atoms with Crippen LogP contribution >= 0.6 is 0 Å². The number of phenolic OH excluding ortho intramolecular Hbond substituents is 1. The maximum atomic E-state index is 11.6. The van der Waals surface area contributed by atoms with Gasteiger partial charge in [-0.05, 0) is 24.1 Å². The van der Waals surface area contributed by atoms with Crippen LogP contribution in [0.1, 0.15) is 24.0 Å². The maximum Gasteiger partial charge on any atom is 0.314 e. The molecule has 0 aliphatic carbocycles. The van der Waals surface area contributed by atoms with E-state index in [1.165, 1.54) is 12.1 Å². The zero-order valence-corrected chi connectivity index (χ0v) is 16.3. The minimum absolute atomic E-state index is 0.0634. The van der Waals surface area contributed by atoms with Gasteiger partial charge in [0, 0.05) is 6.07 Å². The fourth-order valence-electron chi connectivity index (χ4n) is 3.59. The van der Waals surface area contributed by atoms with E-state index < -0.39 is 22.3 Å². The van der Waals surface area contributed by atoms with Crippen LogP contribution < -0.4 is 15.2 Å². The Morgan fingerprint density at radius 3 is 2.77 bits per heavy atom. The predicted octanol–water partition coefficient (Wildman–Crippen LogP) is 3.31. The Hall–Kier alpha value is -4.52. The van der Waals surface area contributed by atoms with Gasteiger partial charge in [-0.1, -0.05) is 30.3 Å². The van der Waals surface area contributed by atoms with Crippen molar-refractivity contribution < 1.29 is 19.5 Å². The molecular weight excluding hydrogens is 402 g/mol. The summed E-state index contributed by atoms with van der Waals surface area (Å²) >= 11 is 0. The second kappa shape index (κ2) is 7.72. The molecule has 1 aromatic heterocycles. The van der Waals surface area contributed by atoms with Crippen molar-refractivity contribution in [2.45, 2.75) is 12.8 Å². The third kappa shape index (κ3) is 3.28. The van der Waals surface area contributed by atoms with Gasteiger partial charge in [0.1, 0.15) is 11.6 Å². The third-order valence-electron chi connectivity index (χ3n) is 4.91. The van der Waals surface area contributed by atoms with E-state index in [-0.39, 0.29) is 29.7 Å². The molecular formula is C21H17N5O5. The van der Waals surface area contributed by atoms with Gasteiger partial charge in [-0.15, -0.1) is 5.10 Å². The molecule has 31 heavy (non-hydrogen) atoms. The Morgan fingerprint density at radius 1 is 1.39 bits per heavy atom. The first-order chi connectivity index (χ1) is 15.0. The molecule has 1 atom stereocenters. The summed E-state index contributed by atoms with van der Waals surface area (Å²) < 4.78 is 10.9. The Kier molecular flexibility index (Phi) is 4.92. The summed E-state index contributed by atoms with van der Waals surface area (Å²) in [4.78, 5) is 10.8. The first kappa shape index (κ1) is 19.8. The number of nitrogens with zero attached hydrogens (tertiary/aromatic N) is 3. The van der Waals surface area contributed by atoms with Crippen molar-refractivity contribution in [3.05, 3.63) is 75.2 Å². The van der Waals surface area contributed by atoms with E-state index >= 15 is 0 Å². The number of aromatic nitrogens is 2. The maximum absolute atomic E-state index is 11.6. The summed E-state index contributed by atoms with van der Waals surface area (Å²) in [6.45, 7) is 1.87. The molecule has 4 rings (SSSR count). The highest BCUT2D eigenvalue weighted by Crippen LogP contribution is 2.48. The van der Waals surface area contributed by atoms with E-state index in [9.17, 15) is 20.5 Å². The van der Waals surface area contributed by atoms with Crippen LogP contribution in [0.2, 0.25) is 0 Å². The molecule has 2 heterocycles. The lowest BCUT2D eigenvalue weighted by Gasteiger charge is -2.24. The minimum atomic E-state index is -0.832. The SMILES string of the molecule is CCOc1cc([C@H]2C(C#N)=C(N)Oc3n[nH]c(-c4ccccc4)c32)cc([N+](=O)[O-])c1O. The highest BCUT2D eigenvalue weighted by molar-refractivity contribution is 5.72. The van der Waals surface area contributed by atoms with Gasteiger partial charge in [0.2, 0.25) is 17.5 Å². The van der Waals surface area contributed by atoms with Gasteiger partial charge < -0.3 is 20.3 Å². The summed E-state index contributed by atoms with van der Waals surface area (Å²) in [6.07, 6.45) is 0. The molecule has 2 aromatic carbocycles. The molecule has 1 aliphatic heterocycles. The van der Waals surface area contributed by atoms with E-state index in [2.05, 4.69) is 10.2 Å². The van der Waals surface area contributed by atoms with Crippen molar-refractivity contribution in [3.63, 3.8) is 0 Å². The number of nitrogens with two attached hydrogens (primary N) is 1. The number of aromatic amines is 1. The first-order valence-electron chi connectivity index (χ1n) is 9.31. The molecule has 4 N–H and O–H groups in total. The number of allylic oxidation sites excluding steroid dienone is 1. The second-order valence-electron chi connectivity index (χ2n) is 6.69. The lowest BCUT2D eigenvalue weighted by Crippen LogP contribution is -2.21. The summed E-state index contributed by atoms with van der Waals surface area (Å²) in [5.41, 5.74) is 7.67. The molecule has 10 heteroatoms. The molecule has 0 amide bonds. The zero-order chi connectivity index (χ0) is 22.1. The van der Waals surface area contributed by atoms with Crippen LogP contribution in [0.15, 0.2) is 53.9 Å². The highest BCUT2D eigenvalue weighted by atomic mass is 16.6. The normalized spacial score (nSPS) is 15.0. The standard InChI is InChI=1S/C21H17N5O5/c1-2-30-15-9-12(8-14(19(15)27)26(28)29)16-13(10-22)20(23)31-21-17(16)18(24-25-21)11-6-4-3-5-7-11/h3-9,16,27H,2,23H2,1H3,(H,24,25)/t16-/m0/s1. The number of rotatable bonds is 5. The van der Waals surface area contributed by atoms with E-state index in [1.54, 1.807) is 6.92 Å². The number of nitrogens with one attached hydrogen (secondary N) is 1. The number of nitriles is 1. The van der Waals surface area contributed by atoms with Gasteiger partial charge in [-0.25, -0.2) is 0 Å². The van der Waals surface area contributed by atoms with Crippen LogP contribution in [0.4, 0.5) is 5.69 Å². The largest absolute Gasteiger partial charge is 0.500 e. The molecule has 1 aliphatic rings. The minimum Gasteiger partial charge on any atom is -0.500 e. The number of aromatic hydroxyl groups is 1. The summed E-state index contributed by atoms with van der Waals surface area (Å²) in [7, 11) is 0. The number of hydrogen-bond acceptors (Lipinski definition) is 8. The Balaban J connectivity index is 2.00. The molecule has 0 unspecified atom stereocenters. The van der Waals surface area contributed by atoms with E-state index in [0.29, 0.717) is 16.8 Å². The van der Waals surface area contributed by atoms with Crippen molar-refractivity contribution in [2.75, 3.05) is 6.61 Å². The van der Waals surface area contributed by atoms with Gasteiger partial charge in [0.25, 0.3) is 0 Å². The monoisotopic (exact) mass is 419 g/mol. The number of phenols is 1. The van der Waals surface area contributed by atoms with Gasteiger partial charge in [0.15, 0.2) is 5.75 Å². The number of H-pyrrole nitrogens is 1. The van der Waals surface area contributed by atoms with Gasteiger partial charge in [-0.2, -0.15) is 5.26 Å². The molecule has 0 bridgehead atoms. The van der Waals surface area contributed by atoms with Crippen molar-refractivity contribution >= 4 is 5.69 Å². The van der Waals surface area contributed by atoms with Crippen molar-refractivity contribution in [1.29, 1.82) is 5.26 Å². The zero-order valence-electron chi connectivity index (χ0n) is 16.3. The molecule has 0 spiro atoms. The molecule has 0 saturated heterocycles. The first-order valence-corrected chi connectivity index (χ1v) is 9.31. The molecule has 0 radical (unpaired) electrons. The van der Waals surface area contributed by atoms with Gasteiger partial charge in [-0.3, -0.25) is 15.2 Å². The van der Waals surface area contributed by atoms with E-state index in [1.807, 2.05) is 36.4 Å². The predicted molar refractivity (Wildman–Crippen MR) is 109 cm³/mol. The van der Waals surface area contributed by atoms with Gasteiger partial charge >= 0.3 is 5.69 Å². The smallest absolute Gasteiger partial charge is 0.314 e. The number of nitro groups is 1. The highest BCUT2D eigenvalue weighted by Gasteiger charge is 2.37. The second-order valence-corrected chi connectivity index (χ2v) is 6.69. The van der Waals surface area contributed by atoms with E-state index in [0.717, 1.165) is 5.56 Å². The third-order valence-corrected chi connectivity index (χ3v) is 4.91. The average molecular weight is 419 g/mol. The lowest BCUT2D eigenvalue weighted by molar-refractivity contribution is -0.386. The van der Waals surface area contributed by atoms with Crippen LogP contribution in [0.3, 0.4) is 0 Å². The van der Waals surface area contributed by atoms with Crippen LogP contribution in [0, 0.1) is 21.4 Å². The number of ether oxygens (including phenoxy) is 2. The van der Waals surface area contributed by atoms with Crippen LogP contribution in [0.5, 0.6) is 17.4 Å². The van der Waals surface area contributed by atoms with Crippen LogP contribution in [-0.4, -0.2) is 26.8 Å². The number of nitro benzene ring substituents is 1. The topological polar surface area (TPSA) is 160 Å². The number of fused-ring (bicyclic) bond motifs is 1. The molecule has 10 nitrogen and oxygen atoms in total. The quantitative estimate of drug-likeness (QED) is 0.419. The van der Waals surface area contributed by atoms with Gasteiger partial charge in [0.05, 0.1) is 28.7 Å². The van der Waals surface area contributed by atoms with Crippen molar-refractivity contribution in [1.82, 2.24) is 10.2 Å². The Bertz CT molecular complexity index is 1240. The summed E-state index contributed by atoms with van der Waals surface area (Å²) in [6, 6.07) is 13.9. The molecule has 0 saturated carbocycles. The number of hydrogen-bond donors (Lipinski definition) is 3. The summed E-state index contributed by atoms with van der Waals surface area (Å²) in [5, 5.41) is 38.7. The Labute approximate surface area is 176 Å². The van der Waals surface area contributed by atoms with Crippen LogP contribution in [0.25, 0.3) is 11.3 Å². The molecule has 0 fully saturated rings. The lowest BCUT2D eigenvalue weighted by atomic mass is 9.82. The number of benzene rings is 2. The fourth-order valence-corrected chi connectivity index (χ4v) is 3.59. The Morgan fingerprint density at radius 2 is 2.13 bits per heavy atom. The molecule has 156 valence electrons. The van der Waals surface area contributed by atoms with Crippen molar-refractivity contribution in [2.24, 2.45) is 5.73 Å². The summed E-state index contributed by atoms with van der Waals surface area (Å²) in [5.74, 6) is -1.48. The van der Waals surface area contributed by atoms with Crippen LogP contribution in [-0.2, 0) is 0 Å². The van der Waals surface area contributed by atoms with Crippen molar-refractivity contribution in [3.8, 4) is 34.7 Å². The average Bonchev–Trinajstić information content (AvgIpc) is 3.18. The van der Waals surface area contributed by atoms with E-state index in [4.69, 9.17) is 15.2 Å². The fraction of sp³-hybridized carbons (Fsp3) is 0.143.